The summed E-state index contributed by atoms with van der Waals surface area (Å²) in [6.45, 7) is 5.09. The zero-order valence-electron chi connectivity index (χ0n) is 15.1. The lowest BCUT2D eigenvalue weighted by molar-refractivity contribution is -0.125. The summed E-state index contributed by atoms with van der Waals surface area (Å²) in [6, 6.07) is 6.20. The number of carbonyl (C=O) groups excluding carboxylic acids is 2. The fourth-order valence-electron chi connectivity index (χ4n) is 3.54. The Labute approximate surface area is 148 Å². The van der Waals surface area contributed by atoms with Gasteiger partial charge in [0.1, 0.15) is 0 Å². The first kappa shape index (κ1) is 17.5. The number of hydrogen-bond donors (Lipinski definition) is 3. The summed E-state index contributed by atoms with van der Waals surface area (Å²) in [5, 5.41) is 7.02. The molecular weight excluding hydrogens is 314 g/mol. The highest BCUT2D eigenvalue weighted by Crippen LogP contribution is 2.24. The third-order valence-corrected chi connectivity index (χ3v) is 5.24. The van der Waals surface area contributed by atoms with Crippen molar-refractivity contribution in [2.75, 3.05) is 6.54 Å². The standard InChI is InChI=1S/C20H27N3O2/c1-13-14(2)23-18-8-7-15(11-17(13)18)12-22-19(24)9-10-21-20(25)16-5-3-4-6-16/h7-8,11,16,23H,3-6,9-10,12H2,1-2H3,(H,21,25)(H,22,24). The van der Waals surface area contributed by atoms with Gasteiger partial charge in [0.05, 0.1) is 0 Å². The minimum absolute atomic E-state index is 0.0335. The molecule has 3 N–H and O–H groups in total. The van der Waals surface area contributed by atoms with Crippen molar-refractivity contribution in [3.8, 4) is 0 Å². The average Bonchev–Trinajstić information content (AvgIpc) is 3.23. The zero-order valence-corrected chi connectivity index (χ0v) is 15.1. The number of nitrogens with one attached hydrogen (secondary N) is 3. The number of fused-ring (bicyclic) bond motifs is 1. The molecule has 5 nitrogen and oxygen atoms in total. The minimum Gasteiger partial charge on any atom is -0.358 e. The molecule has 0 atom stereocenters. The molecule has 0 radical (unpaired) electrons. The Balaban J connectivity index is 1.44. The monoisotopic (exact) mass is 341 g/mol. The van der Waals surface area contributed by atoms with E-state index in [1.807, 2.05) is 6.07 Å². The molecule has 134 valence electrons. The Morgan fingerprint density at radius 2 is 1.92 bits per heavy atom. The number of carbonyl (C=O) groups is 2. The number of rotatable bonds is 6. The van der Waals surface area contributed by atoms with Crippen LogP contribution in [0.4, 0.5) is 0 Å². The molecule has 1 aromatic carbocycles. The normalized spacial score (nSPS) is 14.8. The second kappa shape index (κ2) is 7.72. The number of aromatic nitrogens is 1. The second-order valence-corrected chi connectivity index (χ2v) is 7.05. The van der Waals surface area contributed by atoms with Gasteiger partial charge in [0.2, 0.25) is 11.8 Å². The zero-order chi connectivity index (χ0) is 17.8. The summed E-state index contributed by atoms with van der Waals surface area (Å²) in [5.41, 5.74) is 4.63. The Morgan fingerprint density at radius 3 is 2.68 bits per heavy atom. The van der Waals surface area contributed by atoms with Crippen molar-refractivity contribution < 1.29 is 9.59 Å². The van der Waals surface area contributed by atoms with Gasteiger partial charge in [0.25, 0.3) is 0 Å². The van der Waals surface area contributed by atoms with Crippen molar-refractivity contribution in [3.63, 3.8) is 0 Å². The first-order chi connectivity index (χ1) is 12.0. The summed E-state index contributed by atoms with van der Waals surface area (Å²) >= 11 is 0. The largest absolute Gasteiger partial charge is 0.358 e. The quantitative estimate of drug-likeness (QED) is 0.755. The van der Waals surface area contributed by atoms with E-state index in [4.69, 9.17) is 0 Å². The van der Waals surface area contributed by atoms with Crippen LogP contribution < -0.4 is 10.6 Å². The van der Waals surface area contributed by atoms with Crippen molar-refractivity contribution in [2.45, 2.75) is 52.5 Å². The van der Waals surface area contributed by atoms with Gasteiger partial charge in [-0.1, -0.05) is 18.9 Å². The van der Waals surface area contributed by atoms with Crippen molar-refractivity contribution >= 4 is 22.7 Å². The summed E-state index contributed by atoms with van der Waals surface area (Å²) in [7, 11) is 0. The maximum absolute atomic E-state index is 12.0. The third-order valence-electron chi connectivity index (χ3n) is 5.24. The summed E-state index contributed by atoms with van der Waals surface area (Å²) in [6.07, 6.45) is 4.58. The van der Waals surface area contributed by atoms with E-state index in [1.165, 1.54) is 16.6 Å². The van der Waals surface area contributed by atoms with Gasteiger partial charge in [-0.15, -0.1) is 0 Å². The fraction of sp³-hybridized carbons (Fsp3) is 0.500. The molecule has 5 heteroatoms. The fourth-order valence-corrected chi connectivity index (χ4v) is 3.54. The van der Waals surface area contributed by atoms with Crippen LogP contribution in [0.25, 0.3) is 10.9 Å². The molecule has 2 amide bonds. The van der Waals surface area contributed by atoms with E-state index in [1.54, 1.807) is 0 Å². The summed E-state index contributed by atoms with van der Waals surface area (Å²) in [5.74, 6) is 0.227. The molecule has 0 spiro atoms. The van der Waals surface area contributed by atoms with Gasteiger partial charge in [0, 0.05) is 42.0 Å². The first-order valence-corrected chi connectivity index (χ1v) is 9.17. The highest BCUT2D eigenvalue weighted by molar-refractivity contribution is 5.85. The van der Waals surface area contributed by atoms with Crippen LogP contribution >= 0.6 is 0 Å². The third kappa shape index (κ3) is 4.21. The topological polar surface area (TPSA) is 74.0 Å². The number of H-pyrrole nitrogens is 1. The van der Waals surface area contributed by atoms with E-state index in [0.717, 1.165) is 36.8 Å². The Kier molecular flexibility index (Phi) is 5.41. The molecule has 0 unspecified atom stereocenters. The van der Waals surface area contributed by atoms with Crippen LogP contribution in [0.1, 0.15) is 48.9 Å². The molecule has 1 aliphatic rings. The van der Waals surface area contributed by atoms with E-state index in [0.29, 0.717) is 19.5 Å². The highest BCUT2D eigenvalue weighted by atomic mass is 16.2. The van der Waals surface area contributed by atoms with Crippen LogP contribution in [0.5, 0.6) is 0 Å². The maximum atomic E-state index is 12.0. The minimum atomic E-state index is -0.0335. The van der Waals surface area contributed by atoms with Crippen LogP contribution in [-0.4, -0.2) is 23.3 Å². The molecule has 0 saturated heterocycles. The lowest BCUT2D eigenvalue weighted by atomic mass is 10.1. The van der Waals surface area contributed by atoms with Crippen LogP contribution in [0.15, 0.2) is 18.2 Å². The van der Waals surface area contributed by atoms with Crippen LogP contribution in [0, 0.1) is 19.8 Å². The van der Waals surface area contributed by atoms with E-state index in [-0.39, 0.29) is 17.7 Å². The van der Waals surface area contributed by atoms with Gasteiger partial charge in [-0.05, 0) is 49.9 Å². The predicted octanol–water partition coefficient (Wildman–Crippen LogP) is 3.10. The van der Waals surface area contributed by atoms with E-state index < -0.39 is 0 Å². The highest BCUT2D eigenvalue weighted by Gasteiger charge is 2.22. The van der Waals surface area contributed by atoms with Crippen molar-refractivity contribution in [3.05, 3.63) is 35.0 Å². The molecule has 0 aliphatic heterocycles. The van der Waals surface area contributed by atoms with E-state index in [2.05, 4.69) is 41.6 Å². The van der Waals surface area contributed by atoms with Gasteiger partial charge < -0.3 is 15.6 Å². The smallest absolute Gasteiger partial charge is 0.223 e. The average molecular weight is 341 g/mol. The molecule has 3 rings (SSSR count). The molecule has 0 bridgehead atoms. The van der Waals surface area contributed by atoms with Crippen molar-refractivity contribution in [1.82, 2.24) is 15.6 Å². The van der Waals surface area contributed by atoms with Gasteiger partial charge in [-0.25, -0.2) is 0 Å². The Hall–Kier alpha value is -2.30. The molecule has 1 saturated carbocycles. The molecule has 1 heterocycles. The molecule has 2 aromatic rings. The first-order valence-electron chi connectivity index (χ1n) is 9.17. The van der Waals surface area contributed by atoms with Crippen LogP contribution in [-0.2, 0) is 16.1 Å². The summed E-state index contributed by atoms with van der Waals surface area (Å²) in [4.78, 5) is 27.3. The van der Waals surface area contributed by atoms with E-state index >= 15 is 0 Å². The Bertz CT molecular complexity index is 773. The van der Waals surface area contributed by atoms with Gasteiger partial charge in [-0.2, -0.15) is 0 Å². The number of amides is 2. The molecule has 1 fully saturated rings. The van der Waals surface area contributed by atoms with Crippen molar-refractivity contribution in [1.29, 1.82) is 0 Å². The molecular formula is C20H27N3O2. The lowest BCUT2D eigenvalue weighted by Crippen LogP contribution is -2.33. The van der Waals surface area contributed by atoms with Crippen molar-refractivity contribution in [2.24, 2.45) is 5.92 Å². The maximum Gasteiger partial charge on any atom is 0.223 e. The summed E-state index contributed by atoms with van der Waals surface area (Å²) < 4.78 is 0. The number of hydrogen-bond acceptors (Lipinski definition) is 2. The lowest BCUT2D eigenvalue weighted by Gasteiger charge is -2.10. The van der Waals surface area contributed by atoms with Crippen LogP contribution in [0.3, 0.4) is 0 Å². The number of benzene rings is 1. The Morgan fingerprint density at radius 1 is 1.16 bits per heavy atom. The predicted molar refractivity (Wildman–Crippen MR) is 99.2 cm³/mol. The van der Waals surface area contributed by atoms with Gasteiger partial charge >= 0.3 is 0 Å². The number of aromatic amines is 1. The van der Waals surface area contributed by atoms with Gasteiger partial charge in [0.15, 0.2) is 0 Å². The van der Waals surface area contributed by atoms with Crippen LogP contribution in [0.2, 0.25) is 0 Å². The molecule has 1 aromatic heterocycles. The second-order valence-electron chi connectivity index (χ2n) is 7.05. The van der Waals surface area contributed by atoms with E-state index in [9.17, 15) is 9.59 Å². The molecule has 1 aliphatic carbocycles. The molecule has 25 heavy (non-hydrogen) atoms. The number of aryl methyl sites for hydroxylation is 2. The SMILES string of the molecule is Cc1[nH]c2ccc(CNC(=O)CCNC(=O)C3CCCC3)cc2c1C. The van der Waals surface area contributed by atoms with Gasteiger partial charge in [-0.3, -0.25) is 9.59 Å².